The first-order valence-electron chi connectivity index (χ1n) is 4.49. The number of hydrogen-bond donors (Lipinski definition) is 2. The molecule has 2 N–H and O–H groups in total. The van der Waals surface area contributed by atoms with Gasteiger partial charge in [-0.3, -0.25) is 4.79 Å². The lowest BCUT2D eigenvalue weighted by Gasteiger charge is -2.15. The van der Waals surface area contributed by atoms with Crippen molar-refractivity contribution in [2.75, 3.05) is 6.54 Å². The number of halogens is 4. The Morgan fingerprint density at radius 1 is 1.39 bits per heavy atom. The molecule has 0 unspecified atom stereocenters. The van der Waals surface area contributed by atoms with Crippen LogP contribution >= 0.6 is 0 Å². The molecule has 1 aromatic heterocycles. The fourth-order valence-electron chi connectivity index (χ4n) is 0.957. The zero-order valence-corrected chi connectivity index (χ0v) is 9.48. The minimum absolute atomic E-state index is 0.769. The molecule has 0 aliphatic heterocycles. The lowest BCUT2D eigenvalue weighted by Crippen LogP contribution is -2.42. The van der Waals surface area contributed by atoms with Crippen LogP contribution < -0.4 is 10.2 Å². The van der Waals surface area contributed by atoms with Crippen molar-refractivity contribution in [1.82, 2.24) is 9.71 Å². The first-order chi connectivity index (χ1) is 8.17. The van der Waals surface area contributed by atoms with Gasteiger partial charge in [-0.25, -0.2) is 21.9 Å². The smallest absolute Gasteiger partial charge is 0.320 e. The summed E-state index contributed by atoms with van der Waals surface area (Å²) in [6.07, 6.45) is -2.10. The summed E-state index contributed by atoms with van der Waals surface area (Å²) in [5, 5.41) is 0. The Bertz CT molecular complexity index is 570. The second-order valence-electron chi connectivity index (χ2n) is 3.26. The molecule has 1 rings (SSSR count). The van der Waals surface area contributed by atoms with Crippen molar-refractivity contribution < 1.29 is 26.0 Å². The molecule has 0 atom stereocenters. The Kier molecular flexibility index (Phi) is 4.12. The predicted molar refractivity (Wildman–Crippen MR) is 53.2 cm³/mol. The van der Waals surface area contributed by atoms with Crippen LogP contribution in [-0.2, 0) is 10.0 Å². The molecule has 10 heteroatoms. The average molecular weight is 288 g/mol. The van der Waals surface area contributed by atoms with Crippen LogP contribution in [0.4, 0.5) is 17.6 Å². The van der Waals surface area contributed by atoms with Gasteiger partial charge in [0.2, 0.25) is 15.5 Å². The number of sulfonamides is 1. The topological polar surface area (TPSA) is 79.0 Å². The predicted octanol–water partition coefficient (Wildman–Crippen LogP) is 0.554. The lowest BCUT2D eigenvalue weighted by atomic mass is 10.4. The molecule has 0 fully saturated rings. The van der Waals surface area contributed by atoms with Gasteiger partial charge in [0.15, 0.2) is 0 Å². The van der Waals surface area contributed by atoms with E-state index >= 15 is 0 Å². The lowest BCUT2D eigenvalue weighted by molar-refractivity contribution is -0.122. The van der Waals surface area contributed by atoms with E-state index in [0.717, 1.165) is 18.5 Å². The van der Waals surface area contributed by atoms with Gasteiger partial charge in [0.05, 0.1) is 6.54 Å². The zero-order chi connectivity index (χ0) is 14.0. The van der Waals surface area contributed by atoms with Gasteiger partial charge in [-0.2, -0.15) is 8.78 Å². The molecule has 5 nitrogen and oxygen atoms in total. The largest absolute Gasteiger partial charge is 0.366 e. The van der Waals surface area contributed by atoms with Crippen LogP contribution in [-0.4, -0.2) is 32.3 Å². The minimum Gasteiger partial charge on any atom is -0.366 e. The molecule has 0 aliphatic carbocycles. The molecule has 0 aliphatic rings. The Morgan fingerprint density at radius 2 is 2.00 bits per heavy atom. The number of rotatable bonds is 5. The van der Waals surface area contributed by atoms with Gasteiger partial charge < -0.3 is 4.98 Å². The Hall–Kier alpha value is -1.42. The van der Waals surface area contributed by atoms with Gasteiger partial charge in [-0.1, -0.05) is 0 Å². The molecule has 0 saturated heterocycles. The fourth-order valence-corrected chi connectivity index (χ4v) is 2.05. The molecule has 1 aromatic rings. The number of nitrogens with one attached hydrogen (secondary N) is 2. The fraction of sp³-hybridized carbons (Fsp3) is 0.375. The highest BCUT2D eigenvalue weighted by atomic mass is 32.2. The molecular weight excluding hydrogens is 280 g/mol. The Morgan fingerprint density at radius 3 is 2.50 bits per heavy atom. The summed E-state index contributed by atoms with van der Waals surface area (Å²) in [5.41, 5.74) is -0.943. The van der Waals surface area contributed by atoms with Crippen LogP contribution in [0.1, 0.15) is 0 Å². The highest BCUT2D eigenvalue weighted by Crippen LogP contribution is 2.22. The molecule has 18 heavy (non-hydrogen) atoms. The van der Waals surface area contributed by atoms with Gasteiger partial charge >= 0.3 is 12.3 Å². The van der Waals surface area contributed by atoms with E-state index in [1.54, 1.807) is 0 Å². The van der Waals surface area contributed by atoms with Crippen molar-refractivity contribution in [2.45, 2.75) is 17.2 Å². The standard InChI is InChI=1S/C8H8F4N2O3S/c9-7(10)8(11,12)4-14-18(16,17)6-3-13-2-1-5(6)15/h1-3,7,14H,4H2,(H,13,15). The summed E-state index contributed by atoms with van der Waals surface area (Å²) < 4.78 is 72.8. The van der Waals surface area contributed by atoms with Crippen molar-refractivity contribution >= 4 is 10.0 Å². The molecular formula is C8H8F4N2O3S. The van der Waals surface area contributed by atoms with E-state index in [1.807, 2.05) is 0 Å². The van der Waals surface area contributed by atoms with Crippen LogP contribution in [0.25, 0.3) is 0 Å². The van der Waals surface area contributed by atoms with Crippen molar-refractivity contribution in [3.05, 3.63) is 28.7 Å². The van der Waals surface area contributed by atoms with Gasteiger partial charge in [0.25, 0.3) is 0 Å². The van der Waals surface area contributed by atoms with Crippen LogP contribution in [0.2, 0.25) is 0 Å². The molecule has 0 radical (unpaired) electrons. The highest BCUT2D eigenvalue weighted by molar-refractivity contribution is 7.89. The number of aromatic nitrogens is 1. The van der Waals surface area contributed by atoms with E-state index in [1.165, 1.54) is 4.72 Å². The maximum Gasteiger partial charge on any atom is 0.320 e. The normalized spacial score (nSPS) is 12.9. The highest BCUT2D eigenvalue weighted by Gasteiger charge is 2.41. The Balaban J connectivity index is 2.92. The van der Waals surface area contributed by atoms with E-state index in [0.29, 0.717) is 0 Å². The van der Waals surface area contributed by atoms with Gasteiger partial charge in [-0.05, 0) is 0 Å². The maximum atomic E-state index is 12.5. The van der Waals surface area contributed by atoms with Gasteiger partial charge in [0, 0.05) is 18.5 Å². The van der Waals surface area contributed by atoms with Gasteiger partial charge in [-0.15, -0.1) is 0 Å². The van der Waals surface area contributed by atoms with E-state index in [2.05, 4.69) is 4.98 Å². The van der Waals surface area contributed by atoms with E-state index < -0.39 is 39.2 Å². The first-order valence-corrected chi connectivity index (χ1v) is 5.98. The van der Waals surface area contributed by atoms with Crippen molar-refractivity contribution in [3.8, 4) is 0 Å². The van der Waals surface area contributed by atoms with Crippen LogP contribution in [0, 0.1) is 0 Å². The summed E-state index contributed by atoms with van der Waals surface area (Å²) in [7, 11) is -4.56. The molecule has 0 bridgehead atoms. The summed E-state index contributed by atoms with van der Waals surface area (Å²) in [6.45, 7) is -1.79. The van der Waals surface area contributed by atoms with Gasteiger partial charge in [0.1, 0.15) is 4.90 Å². The molecule has 1 heterocycles. The first kappa shape index (κ1) is 14.6. The summed E-state index contributed by atoms with van der Waals surface area (Å²) in [5.74, 6) is -4.51. The third-order valence-electron chi connectivity index (χ3n) is 1.89. The number of alkyl halides is 4. The quantitative estimate of drug-likeness (QED) is 0.777. The third kappa shape index (κ3) is 3.29. The van der Waals surface area contributed by atoms with Crippen molar-refractivity contribution in [3.63, 3.8) is 0 Å². The number of H-pyrrole nitrogens is 1. The van der Waals surface area contributed by atoms with Crippen LogP contribution in [0.3, 0.4) is 0 Å². The monoisotopic (exact) mass is 288 g/mol. The second-order valence-corrected chi connectivity index (χ2v) is 4.99. The number of pyridine rings is 1. The average Bonchev–Trinajstić information content (AvgIpc) is 2.27. The molecule has 102 valence electrons. The van der Waals surface area contributed by atoms with E-state index in [9.17, 15) is 30.8 Å². The molecule has 0 spiro atoms. The maximum absolute atomic E-state index is 12.5. The van der Waals surface area contributed by atoms with E-state index in [4.69, 9.17) is 0 Å². The molecule has 0 aromatic carbocycles. The van der Waals surface area contributed by atoms with E-state index in [-0.39, 0.29) is 0 Å². The van der Waals surface area contributed by atoms with Crippen molar-refractivity contribution in [1.29, 1.82) is 0 Å². The zero-order valence-electron chi connectivity index (χ0n) is 8.66. The van der Waals surface area contributed by atoms with Crippen LogP contribution in [0.15, 0.2) is 28.2 Å². The summed E-state index contributed by atoms with van der Waals surface area (Å²) in [6, 6.07) is 0.861. The Labute approximate surface area is 98.9 Å². The van der Waals surface area contributed by atoms with Crippen molar-refractivity contribution in [2.24, 2.45) is 0 Å². The third-order valence-corrected chi connectivity index (χ3v) is 3.32. The SMILES string of the molecule is O=c1cc[nH]cc1S(=O)(=O)NCC(F)(F)C(F)F. The second kappa shape index (κ2) is 5.06. The molecule has 0 amide bonds. The van der Waals surface area contributed by atoms with Crippen LogP contribution in [0.5, 0.6) is 0 Å². The number of aromatic amines is 1. The summed E-state index contributed by atoms with van der Waals surface area (Å²) >= 11 is 0. The summed E-state index contributed by atoms with van der Waals surface area (Å²) in [4.78, 5) is 12.6. The number of hydrogen-bond acceptors (Lipinski definition) is 3. The minimum atomic E-state index is -4.56. The molecule has 0 saturated carbocycles.